The highest BCUT2D eigenvalue weighted by molar-refractivity contribution is 5.18. The summed E-state index contributed by atoms with van der Waals surface area (Å²) >= 11 is 0. The van der Waals surface area contributed by atoms with E-state index in [-0.39, 0.29) is 0 Å². The molecule has 0 unspecified atom stereocenters. The molecule has 0 aliphatic heterocycles. The van der Waals surface area contributed by atoms with Crippen molar-refractivity contribution in [3.05, 3.63) is 29.1 Å². The molecule has 8 heteroatoms. The quantitative estimate of drug-likeness (QED) is 0.536. The third-order valence-corrected chi connectivity index (χ3v) is 1.47. The number of halogens is 7. The molecule has 0 aromatic carbocycles. The highest BCUT2D eigenvalue weighted by atomic mass is 19.4. The van der Waals surface area contributed by atoms with Gasteiger partial charge in [0.25, 0.3) is 11.9 Å². The zero-order valence-electron chi connectivity index (χ0n) is 6.80. The van der Waals surface area contributed by atoms with E-state index in [2.05, 4.69) is 4.98 Å². The van der Waals surface area contributed by atoms with Gasteiger partial charge in [-0.15, -0.1) is 0 Å². The first-order chi connectivity index (χ1) is 6.72. The van der Waals surface area contributed by atoms with Gasteiger partial charge in [0.05, 0.1) is 6.42 Å². The smallest absolute Gasteiger partial charge is 0.202 e. The number of pyridine rings is 1. The van der Waals surface area contributed by atoms with E-state index in [4.69, 9.17) is 0 Å². The Morgan fingerprint density at radius 2 is 1.27 bits per heavy atom. The van der Waals surface area contributed by atoms with Gasteiger partial charge in [0.2, 0.25) is 0 Å². The fourth-order valence-corrected chi connectivity index (χ4v) is 0.885. The fraction of sp³-hybridized carbons (Fsp3) is 0.286. The number of rotatable bonds is 1. The molecule has 0 radical (unpaired) electrons. The van der Waals surface area contributed by atoms with E-state index in [9.17, 15) is 30.7 Å². The lowest BCUT2D eigenvalue weighted by Gasteiger charge is -2.08. The maximum Gasteiger partial charge on any atom is 0.393 e. The van der Waals surface area contributed by atoms with E-state index in [0.717, 1.165) is 0 Å². The number of nitrogens with zero attached hydrogens (tertiary/aromatic N) is 1. The summed E-state index contributed by atoms with van der Waals surface area (Å²) in [5.74, 6) is -8.47. The highest BCUT2D eigenvalue weighted by Crippen LogP contribution is 2.26. The number of aromatic nitrogens is 1. The van der Waals surface area contributed by atoms with E-state index < -0.39 is 41.7 Å². The Bertz CT molecular complexity index is 358. The Labute approximate surface area is 78.5 Å². The molecule has 0 spiro atoms. The number of hydrogen-bond acceptors (Lipinski definition) is 1. The second-order valence-electron chi connectivity index (χ2n) is 2.59. The summed E-state index contributed by atoms with van der Waals surface area (Å²) in [7, 11) is 0. The first-order valence-corrected chi connectivity index (χ1v) is 3.48. The van der Waals surface area contributed by atoms with Gasteiger partial charge in [-0.2, -0.15) is 26.9 Å². The normalized spacial score (nSPS) is 11.9. The molecule has 0 aliphatic rings. The third-order valence-electron chi connectivity index (χ3n) is 1.47. The van der Waals surface area contributed by atoms with Crippen molar-refractivity contribution in [1.29, 1.82) is 0 Å². The summed E-state index contributed by atoms with van der Waals surface area (Å²) in [6.45, 7) is 0. The van der Waals surface area contributed by atoms with Crippen LogP contribution in [0.25, 0.3) is 0 Å². The van der Waals surface area contributed by atoms with Crippen molar-refractivity contribution in [1.82, 2.24) is 4.98 Å². The Kier molecular flexibility index (Phi) is 2.87. The van der Waals surface area contributed by atoms with Crippen LogP contribution in [0.4, 0.5) is 30.7 Å². The number of alkyl halides is 3. The molecule has 1 aromatic rings. The van der Waals surface area contributed by atoms with Crippen molar-refractivity contribution in [3.63, 3.8) is 0 Å². The molecule has 0 amide bonds. The van der Waals surface area contributed by atoms with Crippen LogP contribution in [0.2, 0.25) is 0 Å². The van der Waals surface area contributed by atoms with E-state index in [1.54, 1.807) is 0 Å². The first-order valence-electron chi connectivity index (χ1n) is 3.48. The molecule has 0 saturated carbocycles. The van der Waals surface area contributed by atoms with Gasteiger partial charge in [-0.05, 0) is 0 Å². The summed E-state index contributed by atoms with van der Waals surface area (Å²) in [5, 5.41) is 0. The molecule has 0 fully saturated rings. The van der Waals surface area contributed by atoms with E-state index in [1.165, 1.54) is 0 Å². The molecule has 0 bridgehead atoms. The fourth-order valence-electron chi connectivity index (χ4n) is 0.885. The van der Waals surface area contributed by atoms with Crippen molar-refractivity contribution < 1.29 is 30.7 Å². The molecule has 0 aliphatic carbocycles. The molecular formula is C7H2F7N. The van der Waals surface area contributed by atoms with Crippen LogP contribution in [0.1, 0.15) is 5.56 Å². The molecule has 0 N–H and O–H groups in total. The first kappa shape index (κ1) is 11.7. The van der Waals surface area contributed by atoms with Gasteiger partial charge in [-0.1, -0.05) is 0 Å². The van der Waals surface area contributed by atoms with Gasteiger partial charge in [0.1, 0.15) is 0 Å². The van der Waals surface area contributed by atoms with Crippen LogP contribution in [-0.2, 0) is 6.42 Å². The molecule has 0 saturated heterocycles. The van der Waals surface area contributed by atoms with Crippen molar-refractivity contribution in [2.75, 3.05) is 0 Å². The Morgan fingerprint density at radius 3 is 1.60 bits per heavy atom. The van der Waals surface area contributed by atoms with E-state index in [1.807, 2.05) is 0 Å². The minimum Gasteiger partial charge on any atom is -0.202 e. The van der Waals surface area contributed by atoms with Crippen LogP contribution in [0.5, 0.6) is 0 Å². The van der Waals surface area contributed by atoms with Gasteiger partial charge in [-0.25, -0.2) is 8.78 Å². The minimum atomic E-state index is -4.97. The lowest BCUT2D eigenvalue weighted by atomic mass is 10.1. The van der Waals surface area contributed by atoms with Crippen molar-refractivity contribution in [2.24, 2.45) is 0 Å². The standard InChI is InChI=1S/C7H2F7N/c8-3-2(1-7(12,13)14)4(9)6(11)15-5(3)10/h1H2. The molecule has 1 aromatic heterocycles. The Balaban J connectivity index is 3.27. The molecule has 1 rings (SSSR count). The maximum absolute atomic E-state index is 12.6. The molecule has 84 valence electrons. The zero-order valence-corrected chi connectivity index (χ0v) is 6.80. The van der Waals surface area contributed by atoms with Gasteiger partial charge in [0, 0.05) is 5.56 Å². The Morgan fingerprint density at radius 1 is 0.867 bits per heavy atom. The highest BCUT2D eigenvalue weighted by Gasteiger charge is 2.33. The second-order valence-corrected chi connectivity index (χ2v) is 2.59. The van der Waals surface area contributed by atoms with Crippen LogP contribution in [0.3, 0.4) is 0 Å². The van der Waals surface area contributed by atoms with E-state index >= 15 is 0 Å². The average molecular weight is 233 g/mol. The summed E-state index contributed by atoms with van der Waals surface area (Å²) < 4.78 is 85.2. The second kappa shape index (κ2) is 3.67. The van der Waals surface area contributed by atoms with Crippen LogP contribution in [0, 0.1) is 23.5 Å². The van der Waals surface area contributed by atoms with Gasteiger partial charge in [0.15, 0.2) is 11.6 Å². The lowest BCUT2D eigenvalue weighted by molar-refractivity contribution is -0.128. The largest absolute Gasteiger partial charge is 0.393 e. The van der Waals surface area contributed by atoms with E-state index in [0.29, 0.717) is 0 Å². The summed E-state index contributed by atoms with van der Waals surface area (Å²) in [5.41, 5.74) is -1.72. The topological polar surface area (TPSA) is 12.9 Å². The van der Waals surface area contributed by atoms with Crippen molar-refractivity contribution in [2.45, 2.75) is 12.6 Å². The summed E-state index contributed by atoms with van der Waals surface area (Å²) in [6.07, 6.45) is -7.07. The van der Waals surface area contributed by atoms with Crippen molar-refractivity contribution in [3.8, 4) is 0 Å². The zero-order chi connectivity index (χ0) is 11.8. The average Bonchev–Trinajstić information content (AvgIpc) is 2.08. The van der Waals surface area contributed by atoms with Crippen molar-refractivity contribution >= 4 is 0 Å². The Hall–Kier alpha value is -1.34. The predicted molar refractivity (Wildman–Crippen MR) is 33.8 cm³/mol. The molecule has 1 heterocycles. The van der Waals surface area contributed by atoms with Gasteiger partial charge >= 0.3 is 6.18 Å². The molecular weight excluding hydrogens is 231 g/mol. The number of hydrogen-bond donors (Lipinski definition) is 0. The minimum absolute atomic E-state index is 1.72. The predicted octanol–water partition coefficient (Wildman–Crippen LogP) is 2.74. The van der Waals surface area contributed by atoms with Crippen LogP contribution < -0.4 is 0 Å². The molecule has 15 heavy (non-hydrogen) atoms. The molecule has 0 atom stereocenters. The lowest BCUT2D eigenvalue weighted by Crippen LogP contribution is -2.17. The molecule has 1 nitrogen and oxygen atoms in total. The third kappa shape index (κ3) is 2.57. The van der Waals surface area contributed by atoms with Crippen LogP contribution in [0.15, 0.2) is 0 Å². The van der Waals surface area contributed by atoms with Gasteiger partial charge < -0.3 is 0 Å². The van der Waals surface area contributed by atoms with Crippen LogP contribution >= 0.6 is 0 Å². The van der Waals surface area contributed by atoms with Gasteiger partial charge in [-0.3, -0.25) is 0 Å². The van der Waals surface area contributed by atoms with Crippen LogP contribution in [-0.4, -0.2) is 11.2 Å². The summed E-state index contributed by atoms with van der Waals surface area (Å²) in [4.78, 5) is 2.11. The summed E-state index contributed by atoms with van der Waals surface area (Å²) in [6, 6.07) is 0. The monoisotopic (exact) mass is 233 g/mol. The maximum atomic E-state index is 12.6. The SMILES string of the molecule is Fc1nc(F)c(F)c(CC(F)(F)F)c1F.